The topological polar surface area (TPSA) is 59.1 Å². The predicted octanol–water partition coefficient (Wildman–Crippen LogP) is 1.43. The third-order valence-corrected chi connectivity index (χ3v) is 4.53. The molecule has 0 unspecified atom stereocenters. The van der Waals surface area contributed by atoms with E-state index in [1.54, 1.807) is 12.3 Å². The number of nitrogens with one attached hydrogen (secondary N) is 1. The van der Waals surface area contributed by atoms with Crippen molar-refractivity contribution in [3.05, 3.63) is 30.5 Å². The molecule has 1 aromatic carbocycles. The molecule has 0 saturated carbocycles. The first-order valence-electron chi connectivity index (χ1n) is 5.03. The molecular formula is C11H10N2O2S. The Morgan fingerprint density at radius 1 is 1.25 bits per heavy atom. The van der Waals surface area contributed by atoms with Crippen LogP contribution in [0.3, 0.4) is 0 Å². The molecule has 0 atom stereocenters. The molecule has 0 spiro atoms. The Bertz CT molecular complexity index is 665. The van der Waals surface area contributed by atoms with Crippen molar-refractivity contribution >= 4 is 26.4 Å². The van der Waals surface area contributed by atoms with E-state index in [-0.39, 0.29) is 5.75 Å². The molecule has 1 aromatic heterocycles. The minimum absolute atomic E-state index is 0.147. The minimum Gasteiger partial charge on any atom is -0.382 e. The van der Waals surface area contributed by atoms with Crippen LogP contribution in [0.25, 0.3) is 10.9 Å². The number of anilines is 1. The molecule has 0 aliphatic carbocycles. The van der Waals surface area contributed by atoms with Crippen LogP contribution >= 0.6 is 0 Å². The maximum Gasteiger partial charge on any atom is 0.182 e. The fraction of sp³-hybridized carbons (Fsp3) is 0.182. The molecule has 1 aliphatic heterocycles. The second-order valence-electron chi connectivity index (χ2n) is 3.76. The fourth-order valence-corrected chi connectivity index (χ4v) is 3.54. The van der Waals surface area contributed by atoms with Gasteiger partial charge in [0.05, 0.1) is 23.2 Å². The summed E-state index contributed by atoms with van der Waals surface area (Å²) in [4.78, 5) is 4.63. The SMILES string of the molecule is O=S1(=O)CCNc2cnc3ccccc3c21. The largest absolute Gasteiger partial charge is 0.382 e. The first kappa shape index (κ1) is 9.59. The lowest BCUT2D eigenvalue weighted by atomic mass is 10.2. The number of benzene rings is 1. The quantitative estimate of drug-likeness (QED) is 0.749. The third-order valence-electron chi connectivity index (χ3n) is 2.72. The average molecular weight is 234 g/mol. The number of nitrogens with zero attached hydrogens (tertiary/aromatic N) is 1. The van der Waals surface area contributed by atoms with Crippen LogP contribution in [0.5, 0.6) is 0 Å². The van der Waals surface area contributed by atoms with E-state index in [4.69, 9.17) is 0 Å². The molecule has 0 saturated heterocycles. The fourth-order valence-electron chi connectivity index (χ4n) is 2.00. The second kappa shape index (κ2) is 3.18. The van der Waals surface area contributed by atoms with Gasteiger partial charge in [0.2, 0.25) is 0 Å². The maximum atomic E-state index is 12.0. The van der Waals surface area contributed by atoms with Gasteiger partial charge in [0.1, 0.15) is 4.90 Å². The average Bonchev–Trinajstić information content (AvgIpc) is 2.28. The van der Waals surface area contributed by atoms with E-state index in [2.05, 4.69) is 10.3 Å². The Kier molecular flexibility index (Phi) is 1.91. The number of aromatic nitrogens is 1. The van der Waals surface area contributed by atoms with E-state index in [1.807, 2.05) is 18.2 Å². The summed E-state index contributed by atoms with van der Waals surface area (Å²) in [5.74, 6) is 0.147. The summed E-state index contributed by atoms with van der Waals surface area (Å²) in [5.41, 5.74) is 1.33. The zero-order valence-electron chi connectivity index (χ0n) is 8.47. The maximum absolute atomic E-state index is 12.0. The van der Waals surface area contributed by atoms with Crippen molar-refractivity contribution in [3.63, 3.8) is 0 Å². The van der Waals surface area contributed by atoms with Crippen molar-refractivity contribution in [2.24, 2.45) is 0 Å². The Hall–Kier alpha value is -1.62. The minimum atomic E-state index is -3.17. The molecule has 1 N–H and O–H groups in total. The van der Waals surface area contributed by atoms with Crippen LogP contribution in [0.2, 0.25) is 0 Å². The summed E-state index contributed by atoms with van der Waals surface area (Å²) in [6, 6.07) is 7.30. The van der Waals surface area contributed by atoms with Crippen LogP contribution in [0.15, 0.2) is 35.4 Å². The van der Waals surface area contributed by atoms with Crippen molar-refractivity contribution < 1.29 is 8.42 Å². The summed E-state index contributed by atoms with van der Waals surface area (Å²) in [7, 11) is -3.17. The number of para-hydroxylation sites is 1. The van der Waals surface area contributed by atoms with Crippen LogP contribution in [0.4, 0.5) is 5.69 Å². The Balaban J connectivity index is 2.49. The van der Waals surface area contributed by atoms with Gasteiger partial charge >= 0.3 is 0 Å². The van der Waals surface area contributed by atoms with Crippen LogP contribution < -0.4 is 5.32 Å². The Morgan fingerprint density at radius 3 is 2.94 bits per heavy atom. The van der Waals surface area contributed by atoms with Gasteiger partial charge in [-0.15, -0.1) is 0 Å². The molecule has 2 heterocycles. The van der Waals surface area contributed by atoms with Crippen molar-refractivity contribution in [2.45, 2.75) is 4.90 Å². The monoisotopic (exact) mass is 234 g/mol. The number of hydrogen-bond donors (Lipinski definition) is 1. The van der Waals surface area contributed by atoms with Crippen molar-refractivity contribution in [3.8, 4) is 0 Å². The highest BCUT2D eigenvalue weighted by molar-refractivity contribution is 7.91. The first-order chi connectivity index (χ1) is 7.68. The number of fused-ring (bicyclic) bond motifs is 3. The smallest absolute Gasteiger partial charge is 0.182 e. The Morgan fingerprint density at radius 2 is 2.06 bits per heavy atom. The van der Waals surface area contributed by atoms with Gasteiger partial charge in [0.25, 0.3) is 0 Å². The van der Waals surface area contributed by atoms with Gasteiger partial charge in [-0.1, -0.05) is 18.2 Å². The molecule has 82 valence electrons. The van der Waals surface area contributed by atoms with Gasteiger partial charge in [-0.2, -0.15) is 0 Å². The highest BCUT2D eigenvalue weighted by Crippen LogP contribution is 2.31. The van der Waals surface area contributed by atoms with Gasteiger partial charge < -0.3 is 5.32 Å². The molecular weight excluding hydrogens is 224 g/mol. The van der Waals surface area contributed by atoms with Crippen molar-refractivity contribution in [1.82, 2.24) is 4.98 Å². The van der Waals surface area contributed by atoms with E-state index in [9.17, 15) is 8.42 Å². The van der Waals surface area contributed by atoms with E-state index >= 15 is 0 Å². The summed E-state index contributed by atoms with van der Waals surface area (Å²) in [6.45, 7) is 0.454. The van der Waals surface area contributed by atoms with Crippen molar-refractivity contribution in [1.29, 1.82) is 0 Å². The second-order valence-corrected chi connectivity index (χ2v) is 5.81. The van der Waals surface area contributed by atoms with Crippen LogP contribution in [-0.4, -0.2) is 25.7 Å². The summed E-state index contributed by atoms with van der Waals surface area (Å²) in [5, 5.41) is 3.77. The molecule has 1 aliphatic rings. The number of sulfone groups is 1. The molecule has 0 bridgehead atoms. The first-order valence-corrected chi connectivity index (χ1v) is 6.68. The molecule has 4 nitrogen and oxygen atoms in total. The van der Waals surface area contributed by atoms with Gasteiger partial charge in [-0.25, -0.2) is 8.42 Å². The molecule has 5 heteroatoms. The molecule has 0 radical (unpaired) electrons. The van der Waals surface area contributed by atoms with Gasteiger partial charge in [-0.3, -0.25) is 4.98 Å². The highest BCUT2D eigenvalue weighted by atomic mass is 32.2. The lowest BCUT2D eigenvalue weighted by Gasteiger charge is -2.19. The third kappa shape index (κ3) is 1.28. The predicted molar refractivity (Wildman–Crippen MR) is 62.3 cm³/mol. The Labute approximate surface area is 93.2 Å². The molecule has 2 aromatic rings. The van der Waals surface area contributed by atoms with Crippen LogP contribution in [0, 0.1) is 0 Å². The van der Waals surface area contributed by atoms with Gasteiger partial charge in [0, 0.05) is 11.9 Å². The molecule has 0 fully saturated rings. The molecule has 16 heavy (non-hydrogen) atoms. The summed E-state index contributed by atoms with van der Waals surface area (Å²) >= 11 is 0. The number of rotatable bonds is 0. The zero-order valence-corrected chi connectivity index (χ0v) is 9.29. The van der Waals surface area contributed by atoms with E-state index in [0.717, 1.165) is 0 Å². The van der Waals surface area contributed by atoms with Gasteiger partial charge in [0.15, 0.2) is 9.84 Å². The number of hydrogen-bond acceptors (Lipinski definition) is 4. The lowest BCUT2D eigenvalue weighted by molar-refractivity contribution is 0.595. The zero-order chi connectivity index (χ0) is 11.2. The van der Waals surface area contributed by atoms with Crippen molar-refractivity contribution in [2.75, 3.05) is 17.6 Å². The van der Waals surface area contributed by atoms with Crippen LogP contribution in [-0.2, 0) is 9.84 Å². The van der Waals surface area contributed by atoms with E-state index in [1.165, 1.54) is 0 Å². The van der Waals surface area contributed by atoms with Crippen LogP contribution in [0.1, 0.15) is 0 Å². The standard InChI is InChI=1S/C11H10N2O2S/c14-16(15)6-5-12-10-7-13-9-4-2-1-3-8(9)11(10)16/h1-4,7,12H,5-6H2. The summed E-state index contributed by atoms with van der Waals surface area (Å²) < 4.78 is 24.0. The molecule has 0 amide bonds. The van der Waals surface area contributed by atoms with E-state index < -0.39 is 9.84 Å². The summed E-state index contributed by atoms with van der Waals surface area (Å²) in [6.07, 6.45) is 1.59. The normalized spacial score (nSPS) is 17.8. The van der Waals surface area contributed by atoms with Gasteiger partial charge in [-0.05, 0) is 6.07 Å². The lowest BCUT2D eigenvalue weighted by Crippen LogP contribution is -2.23. The highest BCUT2D eigenvalue weighted by Gasteiger charge is 2.25. The number of pyridine rings is 1. The molecule has 3 rings (SSSR count). The van der Waals surface area contributed by atoms with E-state index in [0.29, 0.717) is 28.0 Å².